The molecule has 0 saturated carbocycles. The highest BCUT2D eigenvalue weighted by Gasteiger charge is 2.21. The van der Waals surface area contributed by atoms with E-state index in [0.717, 1.165) is 10.9 Å². The largest absolute Gasteiger partial charge is 0.354 e. The normalized spacial score (nSPS) is 11.7. The van der Waals surface area contributed by atoms with Gasteiger partial charge in [-0.15, -0.1) is 0 Å². The summed E-state index contributed by atoms with van der Waals surface area (Å²) in [6, 6.07) is 10.3. The Morgan fingerprint density at radius 1 is 1.13 bits per heavy atom. The maximum absolute atomic E-state index is 13.3. The number of nitrogens with zero attached hydrogens (tertiary/aromatic N) is 3. The lowest BCUT2D eigenvalue weighted by atomic mass is 10.1. The van der Waals surface area contributed by atoms with Gasteiger partial charge in [-0.05, 0) is 42.9 Å². The molecule has 0 atom stereocenters. The number of benzene rings is 1. The van der Waals surface area contributed by atoms with Crippen LogP contribution in [0.1, 0.15) is 5.56 Å². The van der Waals surface area contributed by atoms with Crippen molar-refractivity contribution >= 4 is 55.5 Å². The number of halogens is 2. The van der Waals surface area contributed by atoms with E-state index in [1.807, 2.05) is 19.2 Å². The molecular weight excluding hydrogens is 445 g/mol. The molecule has 154 valence electrons. The fourth-order valence-electron chi connectivity index (χ4n) is 3.16. The molecule has 0 radical (unpaired) electrons. The minimum absolute atomic E-state index is 0.111. The quantitative estimate of drug-likeness (QED) is 0.412. The van der Waals surface area contributed by atoms with Gasteiger partial charge in [0.1, 0.15) is 15.1 Å². The van der Waals surface area contributed by atoms with E-state index in [9.17, 15) is 8.42 Å². The van der Waals surface area contributed by atoms with Crippen molar-refractivity contribution in [2.75, 3.05) is 12.4 Å². The number of hydrogen-bond donors (Lipinski definition) is 2. The standard InChI is InChI=1S/C20H17Cl2N5O2S/c1-23-10-13-12-27(30(28,29)15-3-2-7-24-11-15)18-9-14(4-5-16(13)18)26-17-6-8-25-20(22)19(17)21/h2-9,11-12,23H,10H2,1H3,(H,25,26). The van der Waals surface area contributed by atoms with Crippen LogP contribution >= 0.6 is 23.2 Å². The molecule has 4 rings (SSSR count). The Kier molecular flexibility index (Phi) is 5.66. The number of fused-ring (bicyclic) bond motifs is 1. The van der Waals surface area contributed by atoms with Gasteiger partial charge in [-0.1, -0.05) is 29.3 Å². The van der Waals surface area contributed by atoms with Crippen LogP contribution < -0.4 is 10.6 Å². The van der Waals surface area contributed by atoms with Gasteiger partial charge in [-0.25, -0.2) is 17.4 Å². The van der Waals surface area contributed by atoms with Gasteiger partial charge in [0.25, 0.3) is 10.0 Å². The van der Waals surface area contributed by atoms with E-state index < -0.39 is 10.0 Å². The predicted molar refractivity (Wildman–Crippen MR) is 119 cm³/mol. The van der Waals surface area contributed by atoms with Gasteiger partial charge in [0.05, 0.1) is 11.2 Å². The summed E-state index contributed by atoms with van der Waals surface area (Å²) in [4.78, 5) is 7.98. The van der Waals surface area contributed by atoms with Crippen molar-refractivity contribution in [2.45, 2.75) is 11.4 Å². The molecule has 0 fully saturated rings. The summed E-state index contributed by atoms with van der Waals surface area (Å²) in [7, 11) is -2.02. The topological polar surface area (TPSA) is 88.9 Å². The Morgan fingerprint density at radius 3 is 2.70 bits per heavy atom. The first kappa shape index (κ1) is 20.6. The molecule has 0 aliphatic heterocycles. The first-order valence-corrected chi connectivity index (χ1v) is 11.1. The van der Waals surface area contributed by atoms with Crippen molar-refractivity contribution in [2.24, 2.45) is 0 Å². The van der Waals surface area contributed by atoms with E-state index in [2.05, 4.69) is 20.6 Å². The number of hydrogen-bond acceptors (Lipinski definition) is 6. The average Bonchev–Trinajstić information content (AvgIpc) is 3.11. The lowest BCUT2D eigenvalue weighted by Gasteiger charge is -2.11. The van der Waals surface area contributed by atoms with Crippen molar-refractivity contribution in [1.82, 2.24) is 19.3 Å². The lowest BCUT2D eigenvalue weighted by molar-refractivity contribution is 0.588. The van der Waals surface area contributed by atoms with Gasteiger partial charge in [-0.2, -0.15) is 0 Å². The van der Waals surface area contributed by atoms with Crippen LogP contribution in [0.3, 0.4) is 0 Å². The van der Waals surface area contributed by atoms with Crippen LogP contribution in [0.5, 0.6) is 0 Å². The second-order valence-electron chi connectivity index (χ2n) is 6.49. The molecule has 4 aromatic rings. The van der Waals surface area contributed by atoms with Crippen molar-refractivity contribution in [3.63, 3.8) is 0 Å². The van der Waals surface area contributed by atoms with Crippen molar-refractivity contribution in [3.8, 4) is 0 Å². The van der Waals surface area contributed by atoms with E-state index >= 15 is 0 Å². The summed E-state index contributed by atoms with van der Waals surface area (Å²) in [5, 5.41) is 7.53. The van der Waals surface area contributed by atoms with Crippen LogP contribution in [0, 0.1) is 0 Å². The zero-order valence-corrected chi connectivity index (χ0v) is 18.1. The van der Waals surface area contributed by atoms with Crippen LogP contribution in [-0.2, 0) is 16.6 Å². The zero-order chi connectivity index (χ0) is 21.3. The first-order chi connectivity index (χ1) is 14.4. The SMILES string of the molecule is CNCc1cn(S(=O)(=O)c2cccnc2)c2cc(Nc3ccnc(Cl)c3Cl)ccc12. The lowest BCUT2D eigenvalue weighted by Crippen LogP contribution is -2.12. The molecule has 7 nitrogen and oxygen atoms in total. The van der Waals surface area contributed by atoms with E-state index in [0.29, 0.717) is 23.4 Å². The van der Waals surface area contributed by atoms with Crippen LogP contribution in [0.2, 0.25) is 10.2 Å². The maximum atomic E-state index is 13.3. The molecule has 3 aromatic heterocycles. The van der Waals surface area contributed by atoms with Gasteiger partial charge in [0.2, 0.25) is 0 Å². The summed E-state index contributed by atoms with van der Waals surface area (Å²) < 4.78 is 27.8. The molecule has 0 spiro atoms. The molecule has 0 aliphatic carbocycles. The van der Waals surface area contributed by atoms with Crippen LogP contribution in [0.4, 0.5) is 11.4 Å². The molecule has 0 aliphatic rings. The Morgan fingerprint density at radius 2 is 1.97 bits per heavy atom. The highest BCUT2D eigenvalue weighted by atomic mass is 35.5. The van der Waals surface area contributed by atoms with Gasteiger partial charge in [0, 0.05) is 42.4 Å². The molecule has 1 aromatic carbocycles. The highest BCUT2D eigenvalue weighted by molar-refractivity contribution is 7.90. The third-order valence-electron chi connectivity index (χ3n) is 4.54. The molecule has 0 amide bonds. The summed E-state index contributed by atoms with van der Waals surface area (Å²) in [6.45, 7) is 0.518. The number of anilines is 2. The van der Waals surface area contributed by atoms with Crippen molar-refractivity contribution in [3.05, 3.63) is 76.9 Å². The van der Waals surface area contributed by atoms with E-state index in [4.69, 9.17) is 23.2 Å². The summed E-state index contributed by atoms with van der Waals surface area (Å²) >= 11 is 12.2. The Bertz CT molecular complexity index is 1320. The first-order valence-electron chi connectivity index (χ1n) is 8.93. The van der Waals surface area contributed by atoms with Crippen molar-refractivity contribution < 1.29 is 8.42 Å². The highest BCUT2D eigenvalue weighted by Crippen LogP contribution is 2.33. The fraction of sp³-hybridized carbons (Fsp3) is 0.100. The monoisotopic (exact) mass is 461 g/mol. The second kappa shape index (κ2) is 8.23. The molecular formula is C20H17Cl2N5O2S. The Labute approximate surface area is 183 Å². The van der Waals surface area contributed by atoms with E-state index in [1.54, 1.807) is 24.4 Å². The van der Waals surface area contributed by atoms with Crippen LogP contribution in [-0.4, -0.2) is 29.4 Å². The molecule has 3 heterocycles. The van der Waals surface area contributed by atoms with Gasteiger partial charge >= 0.3 is 0 Å². The van der Waals surface area contributed by atoms with Crippen LogP contribution in [0.25, 0.3) is 10.9 Å². The number of rotatable bonds is 6. The molecule has 0 unspecified atom stereocenters. The second-order valence-corrected chi connectivity index (χ2v) is 9.05. The zero-order valence-electron chi connectivity index (χ0n) is 15.8. The average molecular weight is 462 g/mol. The minimum atomic E-state index is -3.83. The minimum Gasteiger partial charge on any atom is -0.354 e. The summed E-state index contributed by atoms with van der Waals surface area (Å²) in [5.41, 5.74) is 2.62. The van der Waals surface area contributed by atoms with Crippen LogP contribution in [0.15, 0.2) is 66.1 Å². The summed E-state index contributed by atoms with van der Waals surface area (Å²) in [5.74, 6) is 0. The van der Waals surface area contributed by atoms with E-state index in [1.165, 1.54) is 28.6 Å². The van der Waals surface area contributed by atoms with Gasteiger partial charge in [0.15, 0.2) is 0 Å². The number of pyridine rings is 2. The fourth-order valence-corrected chi connectivity index (χ4v) is 4.82. The molecule has 10 heteroatoms. The maximum Gasteiger partial charge on any atom is 0.269 e. The Balaban J connectivity index is 1.86. The van der Waals surface area contributed by atoms with Gasteiger partial charge in [-0.3, -0.25) is 4.98 Å². The van der Waals surface area contributed by atoms with Gasteiger partial charge < -0.3 is 10.6 Å². The molecule has 0 saturated heterocycles. The smallest absolute Gasteiger partial charge is 0.269 e. The molecule has 30 heavy (non-hydrogen) atoms. The predicted octanol–water partition coefficient (Wildman–Crippen LogP) is 4.44. The third kappa shape index (κ3) is 3.75. The molecule has 0 bridgehead atoms. The number of aromatic nitrogens is 3. The van der Waals surface area contributed by atoms with Crippen molar-refractivity contribution in [1.29, 1.82) is 0 Å². The van der Waals surface area contributed by atoms with E-state index in [-0.39, 0.29) is 15.1 Å². The molecule has 2 N–H and O–H groups in total. The summed E-state index contributed by atoms with van der Waals surface area (Å²) in [6.07, 6.45) is 6.03. The Hall–Kier alpha value is -2.65. The number of nitrogens with one attached hydrogen (secondary N) is 2. The third-order valence-corrected chi connectivity index (χ3v) is 6.96.